The Morgan fingerprint density at radius 1 is 1.37 bits per heavy atom. The lowest BCUT2D eigenvalue weighted by Crippen LogP contribution is -2.31. The molecule has 0 atom stereocenters. The summed E-state index contributed by atoms with van der Waals surface area (Å²) in [6.07, 6.45) is 0.454. The molecule has 0 unspecified atom stereocenters. The van der Waals surface area contributed by atoms with Gasteiger partial charge in [0, 0.05) is 37.7 Å². The van der Waals surface area contributed by atoms with Gasteiger partial charge in [-0.3, -0.25) is 10.3 Å². The molecule has 0 aliphatic rings. The number of amidine groups is 1. The SMILES string of the molecule is CC(C)CN(CCC(=N)N)Cc1ccc(F)cc1F. The molecule has 3 nitrogen and oxygen atoms in total. The highest BCUT2D eigenvalue weighted by molar-refractivity contribution is 5.76. The summed E-state index contributed by atoms with van der Waals surface area (Å²) < 4.78 is 26.5. The average molecular weight is 269 g/mol. The van der Waals surface area contributed by atoms with Crippen LogP contribution in [0.3, 0.4) is 0 Å². The van der Waals surface area contributed by atoms with E-state index < -0.39 is 11.6 Å². The number of rotatable bonds is 7. The van der Waals surface area contributed by atoms with Gasteiger partial charge in [-0.15, -0.1) is 0 Å². The maximum atomic E-state index is 13.6. The molecular weight excluding hydrogens is 248 g/mol. The smallest absolute Gasteiger partial charge is 0.130 e. The van der Waals surface area contributed by atoms with E-state index in [9.17, 15) is 8.78 Å². The Morgan fingerprint density at radius 3 is 2.58 bits per heavy atom. The van der Waals surface area contributed by atoms with Gasteiger partial charge in [0.25, 0.3) is 0 Å². The lowest BCUT2D eigenvalue weighted by Gasteiger charge is -2.24. The van der Waals surface area contributed by atoms with Crippen LogP contribution in [-0.4, -0.2) is 23.8 Å². The van der Waals surface area contributed by atoms with Crippen LogP contribution in [0.15, 0.2) is 18.2 Å². The monoisotopic (exact) mass is 269 g/mol. The predicted octanol–water partition coefficient (Wildman–Crippen LogP) is 2.75. The summed E-state index contributed by atoms with van der Waals surface area (Å²) in [5.41, 5.74) is 5.81. The highest BCUT2D eigenvalue weighted by atomic mass is 19.1. The van der Waals surface area contributed by atoms with Crippen LogP contribution in [0, 0.1) is 23.0 Å². The van der Waals surface area contributed by atoms with E-state index >= 15 is 0 Å². The first kappa shape index (κ1) is 15.6. The number of halogens is 2. The summed E-state index contributed by atoms with van der Waals surface area (Å²) in [5.74, 6) is -0.555. The first-order valence-electron chi connectivity index (χ1n) is 6.37. The second-order valence-electron chi connectivity index (χ2n) is 5.14. The molecule has 1 aromatic rings. The van der Waals surface area contributed by atoms with Crippen molar-refractivity contribution in [2.24, 2.45) is 11.7 Å². The van der Waals surface area contributed by atoms with Crippen LogP contribution in [0.5, 0.6) is 0 Å². The van der Waals surface area contributed by atoms with Crippen molar-refractivity contribution in [2.75, 3.05) is 13.1 Å². The molecule has 0 aromatic heterocycles. The van der Waals surface area contributed by atoms with Crippen LogP contribution in [0.2, 0.25) is 0 Å². The molecule has 0 saturated heterocycles. The molecule has 0 aliphatic heterocycles. The standard InChI is InChI=1S/C14H21F2N3/c1-10(2)8-19(6-5-14(17)18)9-11-3-4-12(15)7-13(11)16/h3-4,7,10H,5-6,8-9H2,1-2H3,(H3,17,18). The maximum absolute atomic E-state index is 13.6. The van der Waals surface area contributed by atoms with E-state index in [0.717, 1.165) is 12.6 Å². The quantitative estimate of drug-likeness (QED) is 0.590. The van der Waals surface area contributed by atoms with Gasteiger partial charge in [-0.2, -0.15) is 0 Å². The van der Waals surface area contributed by atoms with E-state index in [4.69, 9.17) is 11.1 Å². The predicted molar refractivity (Wildman–Crippen MR) is 73.0 cm³/mol. The largest absolute Gasteiger partial charge is 0.388 e. The fraction of sp³-hybridized carbons (Fsp3) is 0.500. The topological polar surface area (TPSA) is 53.1 Å². The number of nitrogens with one attached hydrogen (secondary N) is 1. The minimum Gasteiger partial charge on any atom is -0.388 e. The molecule has 0 fully saturated rings. The minimum absolute atomic E-state index is 0.119. The highest BCUT2D eigenvalue weighted by Gasteiger charge is 2.12. The number of hydrogen-bond acceptors (Lipinski definition) is 2. The summed E-state index contributed by atoms with van der Waals surface area (Å²) in [6, 6.07) is 3.62. The first-order valence-corrected chi connectivity index (χ1v) is 6.37. The zero-order chi connectivity index (χ0) is 14.4. The van der Waals surface area contributed by atoms with E-state index in [1.54, 1.807) is 0 Å². The summed E-state index contributed by atoms with van der Waals surface area (Å²) in [5, 5.41) is 7.25. The van der Waals surface area contributed by atoms with Gasteiger partial charge in [-0.1, -0.05) is 19.9 Å². The fourth-order valence-corrected chi connectivity index (χ4v) is 1.92. The summed E-state index contributed by atoms with van der Waals surface area (Å²) in [6.45, 7) is 5.93. The molecular formula is C14H21F2N3. The molecule has 1 aromatic carbocycles. The Labute approximate surface area is 112 Å². The van der Waals surface area contributed by atoms with Crippen LogP contribution in [0.1, 0.15) is 25.8 Å². The van der Waals surface area contributed by atoms with Crippen LogP contribution < -0.4 is 5.73 Å². The zero-order valence-electron chi connectivity index (χ0n) is 11.4. The first-order chi connectivity index (χ1) is 8.88. The molecule has 3 N–H and O–H groups in total. The Balaban J connectivity index is 2.72. The van der Waals surface area contributed by atoms with E-state index in [1.807, 2.05) is 4.90 Å². The molecule has 5 heteroatoms. The minimum atomic E-state index is -0.569. The van der Waals surface area contributed by atoms with Gasteiger partial charge in [-0.25, -0.2) is 8.78 Å². The normalized spacial score (nSPS) is 11.3. The van der Waals surface area contributed by atoms with Gasteiger partial charge in [0.15, 0.2) is 0 Å². The van der Waals surface area contributed by atoms with Crippen molar-refractivity contribution in [3.63, 3.8) is 0 Å². The maximum Gasteiger partial charge on any atom is 0.130 e. The molecule has 19 heavy (non-hydrogen) atoms. The van der Waals surface area contributed by atoms with Crippen molar-refractivity contribution < 1.29 is 8.78 Å². The molecule has 106 valence electrons. The van der Waals surface area contributed by atoms with Gasteiger partial charge in [0.1, 0.15) is 11.6 Å². The van der Waals surface area contributed by atoms with Crippen LogP contribution in [0.25, 0.3) is 0 Å². The third kappa shape index (κ3) is 5.79. The number of benzene rings is 1. The highest BCUT2D eigenvalue weighted by Crippen LogP contribution is 2.13. The van der Waals surface area contributed by atoms with Gasteiger partial charge < -0.3 is 5.73 Å². The van der Waals surface area contributed by atoms with E-state index in [0.29, 0.717) is 31.0 Å². The Bertz CT molecular complexity index is 433. The van der Waals surface area contributed by atoms with Gasteiger partial charge >= 0.3 is 0 Å². The van der Waals surface area contributed by atoms with Crippen molar-refractivity contribution in [1.29, 1.82) is 5.41 Å². The van der Waals surface area contributed by atoms with Crippen molar-refractivity contribution >= 4 is 5.84 Å². The number of hydrogen-bond donors (Lipinski definition) is 2. The van der Waals surface area contributed by atoms with E-state index in [2.05, 4.69) is 13.8 Å². The zero-order valence-corrected chi connectivity index (χ0v) is 11.4. The molecule has 0 amide bonds. The lowest BCUT2D eigenvalue weighted by atomic mass is 10.1. The summed E-state index contributed by atoms with van der Waals surface area (Å²) in [4.78, 5) is 2.03. The fourth-order valence-electron chi connectivity index (χ4n) is 1.92. The van der Waals surface area contributed by atoms with Gasteiger partial charge in [0.05, 0.1) is 5.84 Å². The van der Waals surface area contributed by atoms with Crippen LogP contribution >= 0.6 is 0 Å². The Kier molecular flexibility index (Phi) is 5.89. The number of nitrogens with two attached hydrogens (primary N) is 1. The van der Waals surface area contributed by atoms with Crippen molar-refractivity contribution in [2.45, 2.75) is 26.8 Å². The Hall–Kier alpha value is -1.49. The molecule has 0 bridgehead atoms. The second kappa shape index (κ2) is 7.19. The average Bonchev–Trinajstić information content (AvgIpc) is 2.28. The van der Waals surface area contributed by atoms with Crippen LogP contribution in [0.4, 0.5) is 8.78 Å². The molecule has 0 spiro atoms. The van der Waals surface area contributed by atoms with Crippen molar-refractivity contribution in [3.05, 3.63) is 35.4 Å². The second-order valence-corrected chi connectivity index (χ2v) is 5.14. The third-order valence-electron chi connectivity index (χ3n) is 2.73. The molecule has 0 saturated carbocycles. The molecule has 1 rings (SSSR count). The molecule has 0 radical (unpaired) electrons. The van der Waals surface area contributed by atoms with E-state index in [1.165, 1.54) is 12.1 Å². The van der Waals surface area contributed by atoms with Gasteiger partial charge in [0.2, 0.25) is 0 Å². The molecule has 0 aliphatic carbocycles. The van der Waals surface area contributed by atoms with Gasteiger partial charge in [-0.05, 0) is 12.0 Å². The summed E-state index contributed by atoms with van der Waals surface area (Å²) in [7, 11) is 0. The summed E-state index contributed by atoms with van der Waals surface area (Å²) >= 11 is 0. The number of nitrogens with zero attached hydrogens (tertiary/aromatic N) is 1. The van der Waals surface area contributed by atoms with Crippen LogP contribution in [-0.2, 0) is 6.54 Å². The lowest BCUT2D eigenvalue weighted by molar-refractivity contribution is 0.239. The third-order valence-corrected chi connectivity index (χ3v) is 2.73. The van der Waals surface area contributed by atoms with Crippen molar-refractivity contribution in [3.8, 4) is 0 Å². The Morgan fingerprint density at radius 2 is 2.05 bits per heavy atom. The van der Waals surface area contributed by atoms with E-state index in [-0.39, 0.29) is 5.84 Å². The van der Waals surface area contributed by atoms with Crippen molar-refractivity contribution in [1.82, 2.24) is 4.90 Å². The molecule has 0 heterocycles.